The van der Waals surface area contributed by atoms with E-state index in [9.17, 15) is 9.18 Å². The molecule has 0 amide bonds. The molecule has 2 aromatic heterocycles. The molecule has 2 rings (SSSR count). The van der Waals surface area contributed by atoms with Gasteiger partial charge in [-0.1, -0.05) is 6.07 Å². The molecule has 0 aliphatic rings. The highest BCUT2D eigenvalue weighted by molar-refractivity contribution is 5.85. The standard InChI is InChI=1S/C11H7FN2O2/c12-10-8(7-2-1-5-13-6-7)3-4-9(14-10)11(15)16/h1-6H,(H,15,16). The van der Waals surface area contributed by atoms with Gasteiger partial charge in [0.05, 0.1) is 0 Å². The molecule has 0 aliphatic carbocycles. The summed E-state index contributed by atoms with van der Waals surface area (Å²) in [5.74, 6) is -2.07. The normalized spacial score (nSPS) is 10.1. The highest BCUT2D eigenvalue weighted by Crippen LogP contribution is 2.20. The third-order valence-corrected chi connectivity index (χ3v) is 2.04. The van der Waals surface area contributed by atoms with Crippen molar-refractivity contribution in [2.24, 2.45) is 0 Å². The average Bonchev–Trinajstić information content (AvgIpc) is 2.30. The van der Waals surface area contributed by atoms with E-state index in [1.807, 2.05) is 0 Å². The number of hydrogen-bond donors (Lipinski definition) is 1. The molecule has 0 aliphatic heterocycles. The number of aromatic nitrogens is 2. The van der Waals surface area contributed by atoms with Crippen LogP contribution in [0.25, 0.3) is 11.1 Å². The second-order valence-electron chi connectivity index (χ2n) is 3.08. The Balaban J connectivity index is 2.48. The molecule has 0 saturated heterocycles. The Morgan fingerprint density at radius 1 is 1.31 bits per heavy atom. The van der Waals surface area contributed by atoms with Gasteiger partial charge < -0.3 is 5.11 Å². The number of halogens is 1. The number of rotatable bonds is 2. The van der Waals surface area contributed by atoms with E-state index in [1.165, 1.54) is 18.3 Å². The van der Waals surface area contributed by atoms with Crippen molar-refractivity contribution in [3.63, 3.8) is 0 Å². The Morgan fingerprint density at radius 2 is 2.12 bits per heavy atom. The lowest BCUT2D eigenvalue weighted by Gasteiger charge is -2.02. The fourth-order valence-electron chi connectivity index (χ4n) is 1.29. The summed E-state index contributed by atoms with van der Waals surface area (Å²) in [6, 6.07) is 5.98. The van der Waals surface area contributed by atoms with Crippen LogP contribution >= 0.6 is 0 Å². The van der Waals surface area contributed by atoms with Crippen molar-refractivity contribution in [1.82, 2.24) is 9.97 Å². The molecule has 0 spiro atoms. The second-order valence-corrected chi connectivity index (χ2v) is 3.08. The zero-order valence-corrected chi connectivity index (χ0v) is 8.09. The quantitative estimate of drug-likeness (QED) is 0.783. The molecule has 16 heavy (non-hydrogen) atoms. The van der Waals surface area contributed by atoms with Crippen molar-refractivity contribution in [2.45, 2.75) is 0 Å². The first-order valence-electron chi connectivity index (χ1n) is 4.49. The Labute approximate surface area is 90.4 Å². The molecular weight excluding hydrogens is 211 g/mol. The van der Waals surface area contributed by atoms with Crippen LogP contribution in [-0.4, -0.2) is 21.0 Å². The van der Waals surface area contributed by atoms with E-state index in [1.54, 1.807) is 18.3 Å². The van der Waals surface area contributed by atoms with Crippen LogP contribution in [0, 0.1) is 5.95 Å². The van der Waals surface area contributed by atoms with Gasteiger partial charge in [-0.15, -0.1) is 0 Å². The van der Waals surface area contributed by atoms with E-state index in [0.29, 0.717) is 5.56 Å². The fourth-order valence-corrected chi connectivity index (χ4v) is 1.29. The number of carboxylic acids is 1. The van der Waals surface area contributed by atoms with Crippen LogP contribution in [-0.2, 0) is 0 Å². The Morgan fingerprint density at radius 3 is 2.69 bits per heavy atom. The lowest BCUT2D eigenvalue weighted by atomic mass is 10.1. The predicted octanol–water partition coefficient (Wildman–Crippen LogP) is 1.98. The van der Waals surface area contributed by atoms with Crippen LogP contribution in [0.15, 0.2) is 36.7 Å². The average molecular weight is 218 g/mol. The first kappa shape index (κ1) is 10.2. The molecule has 0 unspecified atom stereocenters. The molecule has 1 N–H and O–H groups in total. The third kappa shape index (κ3) is 1.88. The van der Waals surface area contributed by atoms with Gasteiger partial charge in [-0.3, -0.25) is 4.98 Å². The number of nitrogens with zero attached hydrogens (tertiary/aromatic N) is 2. The van der Waals surface area contributed by atoms with Gasteiger partial charge >= 0.3 is 5.97 Å². The third-order valence-electron chi connectivity index (χ3n) is 2.04. The van der Waals surface area contributed by atoms with Crippen LogP contribution in [0.5, 0.6) is 0 Å². The lowest BCUT2D eigenvalue weighted by Crippen LogP contribution is -2.02. The molecule has 0 radical (unpaired) electrons. The SMILES string of the molecule is O=C(O)c1ccc(-c2cccnc2)c(F)n1. The molecule has 0 bridgehead atoms. The monoisotopic (exact) mass is 218 g/mol. The van der Waals surface area contributed by atoms with Crippen molar-refractivity contribution in [3.8, 4) is 11.1 Å². The van der Waals surface area contributed by atoms with E-state index < -0.39 is 11.9 Å². The van der Waals surface area contributed by atoms with Crippen molar-refractivity contribution in [1.29, 1.82) is 0 Å². The van der Waals surface area contributed by atoms with E-state index in [4.69, 9.17) is 5.11 Å². The van der Waals surface area contributed by atoms with Gasteiger partial charge in [0.15, 0.2) is 5.69 Å². The van der Waals surface area contributed by atoms with Gasteiger partial charge in [-0.2, -0.15) is 4.39 Å². The van der Waals surface area contributed by atoms with E-state index >= 15 is 0 Å². The summed E-state index contributed by atoms with van der Waals surface area (Å²) in [4.78, 5) is 17.8. The number of hydrogen-bond acceptors (Lipinski definition) is 3. The van der Waals surface area contributed by atoms with E-state index in [2.05, 4.69) is 9.97 Å². The van der Waals surface area contributed by atoms with Gasteiger partial charge in [0.1, 0.15) is 0 Å². The largest absolute Gasteiger partial charge is 0.477 e. The molecule has 2 aromatic rings. The van der Waals surface area contributed by atoms with Gasteiger partial charge in [0.2, 0.25) is 5.95 Å². The van der Waals surface area contributed by atoms with Crippen molar-refractivity contribution in [3.05, 3.63) is 48.3 Å². The maximum absolute atomic E-state index is 13.5. The number of carbonyl (C=O) groups is 1. The van der Waals surface area contributed by atoms with Gasteiger partial charge in [-0.25, -0.2) is 9.78 Å². The van der Waals surface area contributed by atoms with Crippen molar-refractivity contribution >= 4 is 5.97 Å². The highest BCUT2D eigenvalue weighted by atomic mass is 19.1. The number of pyridine rings is 2. The van der Waals surface area contributed by atoms with Gasteiger partial charge in [0, 0.05) is 23.5 Å². The molecule has 80 valence electrons. The number of carboxylic acid groups (broad SMARTS) is 1. The summed E-state index contributed by atoms with van der Waals surface area (Å²) in [7, 11) is 0. The Kier molecular flexibility index (Phi) is 2.59. The lowest BCUT2D eigenvalue weighted by molar-refractivity contribution is 0.0689. The van der Waals surface area contributed by atoms with Crippen LogP contribution in [0.2, 0.25) is 0 Å². The maximum atomic E-state index is 13.5. The molecule has 0 saturated carbocycles. The smallest absolute Gasteiger partial charge is 0.354 e. The molecular formula is C11H7FN2O2. The molecule has 0 aromatic carbocycles. The minimum atomic E-state index is -1.25. The van der Waals surface area contributed by atoms with Gasteiger partial charge in [-0.05, 0) is 18.2 Å². The van der Waals surface area contributed by atoms with Crippen LogP contribution < -0.4 is 0 Å². The first-order valence-corrected chi connectivity index (χ1v) is 4.49. The Hall–Kier alpha value is -2.30. The summed E-state index contributed by atoms with van der Waals surface area (Å²) < 4.78 is 13.5. The second kappa shape index (κ2) is 4.06. The fraction of sp³-hybridized carbons (Fsp3) is 0. The maximum Gasteiger partial charge on any atom is 0.354 e. The molecule has 0 atom stereocenters. The molecule has 2 heterocycles. The number of aromatic carboxylic acids is 1. The van der Waals surface area contributed by atoms with Gasteiger partial charge in [0.25, 0.3) is 0 Å². The topological polar surface area (TPSA) is 63.1 Å². The van der Waals surface area contributed by atoms with Crippen LogP contribution in [0.4, 0.5) is 4.39 Å². The zero-order chi connectivity index (χ0) is 11.5. The summed E-state index contributed by atoms with van der Waals surface area (Å²) >= 11 is 0. The zero-order valence-electron chi connectivity index (χ0n) is 8.09. The summed E-state index contributed by atoms with van der Waals surface area (Å²) in [6.07, 6.45) is 3.06. The molecule has 5 heteroatoms. The van der Waals surface area contributed by atoms with E-state index in [0.717, 1.165) is 0 Å². The van der Waals surface area contributed by atoms with Crippen LogP contribution in [0.3, 0.4) is 0 Å². The summed E-state index contributed by atoms with van der Waals surface area (Å²) in [5, 5.41) is 8.63. The van der Waals surface area contributed by atoms with E-state index in [-0.39, 0.29) is 11.3 Å². The highest BCUT2D eigenvalue weighted by Gasteiger charge is 2.11. The minimum Gasteiger partial charge on any atom is -0.477 e. The molecule has 4 nitrogen and oxygen atoms in total. The summed E-state index contributed by atoms with van der Waals surface area (Å²) in [6.45, 7) is 0. The molecule has 0 fully saturated rings. The van der Waals surface area contributed by atoms with Crippen molar-refractivity contribution < 1.29 is 14.3 Å². The Bertz CT molecular complexity index is 529. The van der Waals surface area contributed by atoms with Crippen LogP contribution in [0.1, 0.15) is 10.5 Å². The predicted molar refractivity (Wildman–Crippen MR) is 54.4 cm³/mol. The van der Waals surface area contributed by atoms with Crippen molar-refractivity contribution in [2.75, 3.05) is 0 Å². The summed E-state index contributed by atoms with van der Waals surface area (Å²) in [5.41, 5.74) is 0.479. The minimum absolute atomic E-state index is 0.234. The first-order chi connectivity index (χ1) is 7.68.